The lowest BCUT2D eigenvalue weighted by Gasteiger charge is -2.13. The average molecular weight is 483 g/mol. The fraction of sp³-hybridized carbons (Fsp3) is 0.250. The van der Waals surface area contributed by atoms with E-state index >= 15 is 0 Å². The molecule has 0 atom stereocenters. The molecular weight excluding hydrogens is 456 g/mol. The highest BCUT2D eigenvalue weighted by molar-refractivity contribution is 7.98. The Bertz CT molecular complexity index is 1150. The zero-order valence-electron chi connectivity index (χ0n) is 19.6. The van der Waals surface area contributed by atoms with E-state index in [4.69, 9.17) is 18.9 Å². The third-order valence-corrected chi connectivity index (χ3v) is 5.77. The average Bonchev–Trinajstić information content (AvgIpc) is 2.89. The largest absolute Gasteiger partial charge is 0.496 e. The molecule has 0 bridgehead atoms. The highest BCUT2D eigenvalue weighted by Gasteiger charge is 2.17. The molecular formula is C24H26N4O5S. The second kappa shape index (κ2) is 11.9. The quantitative estimate of drug-likeness (QED) is 0.200. The number of hydrazone groups is 1. The number of amides is 1. The molecule has 0 aliphatic heterocycles. The van der Waals surface area contributed by atoms with E-state index in [2.05, 4.69) is 20.5 Å². The Labute approximate surface area is 202 Å². The number of ether oxygens (including phenoxy) is 4. The number of aromatic nitrogens is 2. The zero-order chi connectivity index (χ0) is 24.5. The predicted molar refractivity (Wildman–Crippen MR) is 130 cm³/mol. The minimum atomic E-state index is -0.413. The minimum absolute atomic E-state index is 0.320. The van der Waals surface area contributed by atoms with Crippen molar-refractivity contribution < 1.29 is 23.7 Å². The summed E-state index contributed by atoms with van der Waals surface area (Å²) in [6.45, 7) is 1.81. The van der Waals surface area contributed by atoms with Crippen LogP contribution in [-0.4, -0.2) is 50.0 Å². The highest BCUT2D eigenvalue weighted by Crippen LogP contribution is 2.38. The number of methoxy groups -OCH3 is 4. The Morgan fingerprint density at radius 3 is 2.15 bits per heavy atom. The Hall–Kier alpha value is -3.79. The molecule has 1 aromatic heterocycles. The minimum Gasteiger partial charge on any atom is -0.496 e. The van der Waals surface area contributed by atoms with Crippen LogP contribution in [0.2, 0.25) is 0 Å². The van der Waals surface area contributed by atoms with E-state index in [0.717, 1.165) is 16.9 Å². The summed E-state index contributed by atoms with van der Waals surface area (Å²) in [5.41, 5.74) is 5.34. The lowest BCUT2D eigenvalue weighted by atomic mass is 10.1. The van der Waals surface area contributed by atoms with Crippen LogP contribution < -0.4 is 24.4 Å². The second-order valence-electron chi connectivity index (χ2n) is 6.90. The van der Waals surface area contributed by atoms with Crippen molar-refractivity contribution >= 4 is 23.4 Å². The van der Waals surface area contributed by atoms with Crippen molar-refractivity contribution in [2.75, 3.05) is 28.4 Å². The van der Waals surface area contributed by atoms with E-state index in [-0.39, 0.29) is 0 Å². The number of rotatable bonds is 10. The zero-order valence-corrected chi connectivity index (χ0v) is 20.4. The normalized spacial score (nSPS) is 11.0. The van der Waals surface area contributed by atoms with Crippen molar-refractivity contribution in [3.8, 4) is 23.0 Å². The van der Waals surface area contributed by atoms with E-state index < -0.39 is 5.91 Å². The van der Waals surface area contributed by atoms with Gasteiger partial charge in [-0.2, -0.15) is 5.10 Å². The second-order valence-corrected chi connectivity index (χ2v) is 7.84. The summed E-state index contributed by atoms with van der Waals surface area (Å²) in [6, 6.07) is 10.6. The first-order chi connectivity index (χ1) is 16.5. The third kappa shape index (κ3) is 5.96. The van der Waals surface area contributed by atoms with Crippen LogP contribution in [0.25, 0.3) is 0 Å². The Morgan fingerprint density at radius 2 is 1.56 bits per heavy atom. The molecule has 2 aromatic carbocycles. The summed E-state index contributed by atoms with van der Waals surface area (Å²) in [4.78, 5) is 21.2. The van der Waals surface area contributed by atoms with E-state index in [1.54, 1.807) is 37.7 Å². The number of nitrogens with one attached hydrogen (secondary N) is 1. The number of benzene rings is 2. The van der Waals surface area contributed by atoms with E-state index in [9.17, 15) is 4.79 Å². The molecule has 10 heteroatoms. The van der Waals surface area contributed by atoms with Crippen LogP contribution in [0.3, 0.4) is 0 Å². The molecule has 178 valence electrons. The number of carbonyl (C=O) groups is 1. The maximum atomic E-state index is 12.7. The predicted octanol–water partition coefficient (Wildman–Crippen LogP) is 3.96. The first-order valence-corrected chi connectivity index (χ1v) is 11.2. The third-order valence-electron chi connectivity index (χ3n) is 4.85. The van der Waals surface area contributed by atoms with Crippen LogP contribution in [0.1, 0.15) is 28.4 Å². The molecule has 1 amide bonds. The first kappa shape index (κ1) is 24.8. The Balaban J connectivity index is 1.77. The summed E-state index contributed by atoms with van der Waals surface area (Å²) in [5.74, 6) is 2.13. The van der Waals surface area contributed by atoms with Gasteiger partial charge in [0.15, 0.2) is 16.7 Å². The van der Waals surface area contributed by atoms with Gasteiger partial charge < -0.3 is 18.9 Å². The van der Waals surface area contributed by atoms with Gasteiger partial charge in [0, 0.05) is 29.3 Å². The number of hydrogen-bond donors (Lipinski definition) is 1. The van der Waals surface area contributed by atoms with E-state index in [0.29, 0.717) is 39.4 Å². The molecule has 9 nitrogen and oxygen atoms in total. The van der Waals surface area contributed by atoms with Gasteiger partial charge in [-0.25, -0.2) is 15.4 Å². The molecule has 1 heterocycles. The number of carbonyl (C=O) groups excluding carboxylic acids is 1. The van der Waals surface area contributed by atoms with Crippen molar-refractivity contribution in [2.24, 2.45) is 5.10 Å². The van der Waals surface area contributed by atoms with Gasteiger partial charge in [-0.1, -0.05) is 11.8 Å². The molecule has 0 saturated heterocycles. The van der Waals surface area contributed by atoms with Gasteiger partial charge in [0.2, 0.25) is 5.75 Å². The molecule has 0 radical (unpaired) electrons. The first-order valence-electron chi connectivity index (χ1n) is 10.2. The smallest absolute Gasteiger partial charge is 0.271 e. The lowest BCUT2D eigenvalue weighted by Crippen LogP contribution is -2.19. The fourth-order valence-corrected chi connectivity index (χ4v) is 3.88. The molecule has 0 saturated carbocycles. The summed E-state index contributed by atoms with van der Waals surface area (Å²) in [7, 11) is 6.11. The summed E-state index contributed by atoms with van der Waals surface area (Å²) >= 11 is 1.50. The molecule has 0 aliphatic carbocycles. The van der Waals surface area contributed by atoms with Crippen molar-refractivity contribution in [1.82, 2.24) is 15.4 Å². The number of nitrogens with zero attached hydrogens (tertiary/aromatic N) is 3. The molecule has 0 spiro atoms. The van der Waals surface area contributed by atoms with Gasteiger partial charge >= 0.3 is 0 Å². The lowest BCUT2D eigenvalue weighted by molar-refractivity contribution is 0.0954. The van der Waals surface area contributed by atoms with Crippen LogP contribution in [-0.2, 0) is 5.75 Å². The summed E-state index contributed by atoms with van der Waals surface area (Å²) in [5, 5.41) is 4.95. The fourth-order valence-electron chi connectivity index (χ4n) is 3.09. The molecule has 3 aromatic rings. The standard InChI is InChI=1S/C24H26N4O5S/c1-15(27-28-23(29)17-12-20(31-3)22(33-5)21(13-17)32-4)16-7-8-19(30-2)18(11-16)14-34-24-25-9-6-10-26-24/h6-13H,14H2,1-5H3,(H,28,29). The molecule has 3 rings (SSSR count). The van der Waals surface area contributed by atoms with Crippen molar-refractivity contribution in [3.05, 3.63) is 65.5 Å². The number of hydrogen-bond acceptors (Lipinski definition) is 9. The van der Waals surface area contributed by atoms with Gasteiger partial charge in [0.25, 0.3) is 5.91 Å². The van der Waals surface area contributed by atoms with Crippen LogP contribution in [0, 0.1) is 0 Å². The van der Waals surface area contributed by atoms with Gasteiger partial charge in [-0.05, 0) is 48.9 Å². The number of thioether (sulfide) groups is 1. The topological polar surface area (TPSA) is 104 Å². The van der Waals surface area contributed by atoms with Crippen molar-refractivity contribution in [3.63, 3.8) is 0 Å². The highest BCUT2D eigenvalue weighted by atomic mass is 32.2. The van der Waals surface area contributed by atoms with E-state index in [1.807, 2.05) is 25.1 Å². The molecule has 34 heavy (non-hydrogen) atoms. The van der Waals surface area contributed by atoms with Gasteiger partial charge in [0.1, 0.15) is 5.75 Å². The Kier molecular flexibility index (Phi) is 8.69. The summed E-state index contributed by atoms with van der Waals surface area (Å²) < 4.78 is 21.4. The maximum Gasteiger partial charge on any atom is 0.271 e. The summed E-state index contributed by atoms with van der Waals surface area (Å²) in [6.07, 6.45) is 3.41. The molecule has 0 unspecified atom stereocenters. The van der Waals surface area contributed by atoms with Crippen molar-refractivity contribution in [1.29, 1.82) is 0 Å². The van der Waals surface area contributed by atoms with Crippen LogP contribution in [0.5, 0.6) is 23.0 Å². The van der Waals surface area contributed by atoms with Crippen LogP contribution in [0.15, 0.2) is 59.0 Å². The van der Waals surface area contributed by atoms with E-state index in [1.165, 1.54) is 33.1 Å². The van der Waals surface area contributed by atoms with Gasteiger partial charge in [0.05, 0.1) is 34.2 Å². The molecule has 0 fully saturated rings. The van der Waals surface area contributed by atoms with Gasteiger partial charge in [-0.15, -0.1) is 0 Å². The van der Waals surface area contributed by atoms with Gasteiger partial charge in [-0.3, -0.25) is 4.79 Å². The maximum absolute atomic E-state index is 12.7. The van der Waals surface area contributed by atoms with Crippen LogP contribution in [0.4, 0.5) is 0 Å². The van der Waals surface area contributed by atoms with Crippen molar-refractivity contribution in [2.45, 2.75) is 17.8 Å². The Morgan fingerprint density at radius 1 is 0.912 bits per heavy atom. The molecule has 0 aliphatic rings. The SMILES string of the molecule is COc1ccc(C(C)=NNC(=O)c2cc(OC)c(OC)c(OC)c2)cc1CSc1ncccn1. The van der Waals surface area contributed by atoms with Crippen LogP contribution >= 0.6 is 11.8 Å². The monoisotopic (exact) mass is 482 g/mol. The molecule has 1 N–H and O–H groups in total.